The lowest BCUT2D eigenvalue weighted by molar-refractivity contribution is -0.151. The van der Waals surface area contributed by atoms with Crippen LogP contribution in [-0.2, 0) is 23.9 Å². The number of ketones is 1. The fourth-order valence-electron chi connectivity index (χ4n) is 2.06. The summed E-state index contributed by atoms with van der Waals surface area (Å²) in [4.78, 5) is 46.9. The summed E-state index contributed by atoms with van der Waals surface area (Å²) in [6.07, 6.45) is 1.24. The molecule has 19 heavy (non-hydrogen) atoms. The molecule has 1 fully saturated rings. The molecule has 0 aliphatic carbocycles. The molecule has 0 N–H and O–H groups in total. The van der Waals surface area contributed by atoms with Crippen LogP contribution in [0.15, 0.2) is 0 Å². The van der Waals surface area contributed by atoms with E-state index in [1.54, 1.807) is 6.92 Å². The summed E-state index contributed by atoms with van der Waals surface area (Å²) in [6.45, 7) is 3.51. The van der Waals surface area contributed by atoms with E-state index in [1.165, 1.54) is 11.8 Å². The van der Waals surface area contributed by atoms with E-state index in [0.717, 1.165) is 0 Å². The standard InChI is InChI=1S/C13H19NO5/c1-3-19-13(18)10(9(2)15)5-4-8-14-11(16)6-7-12(14)17/h10H,3-8H2,1-2H3. The maximum absolute atomic E-state index is 11.5. The number of nitrogens with zero attached hydrogens (tertiary/aromatic N) is 1. The van der Waals surface area contributed by atoms with Crippen molar-refractivity contribution in [2.24, 2.45) is 5.92 Å². The molecular weight excluding hydrogens is 250 g/mol. The van der Waals surface area contributed by atoms with Crippen molar-refractivity contribution in [3.8, 4) is 0 Å². The number of carbonyl (C=O) groups excluding carboxylic acids is 4. The minimum atomic E-state index is -0.798. The molecule has 0 bridgehead atoms. The number of carbonyl (C=O) groups is 4. The first-order chi connectivity index (χ1) is 8.97. The molecule has 0 saturated carbocycles. The molecule has 0 aromatic rings. The Kier molecular flexibility index (Phi) is 5.66. The Hall–Kier alpha value is -1.72. The molecule has 106 valence electrons. The molecule has 1 aliphatic rings. The van der Waals surface area contributed by atoms with Gasteiger partial charge >= 0.3 is 5.97 Å². The summed E-state index contributed by atoms with van der Waals surface area (Å²) in [6, 6.07) is 0. The molecule has 1 unspecified atom stereocenters. The predicted molar refractivity (Wildman–Crippen MR) is 66.0 cm³/mol. The summed E-state index contributed by atoms with van der Waals surface area (Å²) in [5.74, 6) is -1.94. The summed E-state index contributed by atoms with van der Waals surface area (Å²) in [5, 5.41) is 0. The summed E-state index contributed by atoms with van der Waals surface area (Å²) < 4.78 is 4.82. The molecule has 2 amide bonds. The lowest BCUT2D eigenvalue weighted by Gasteiger charge is -2.16. The third-order valence-corrected chi connectivity index (χ3v) is 3.09. The van der Waals surface area contributed by atoms with E-state index >= 15 is 0 Å². The quantitative estimate of drug-likeness (QED) is 0.386. The van der Waals surface area contributed by atoms with Crippen molar-refractivity contribution in [2.75, 3.05) is 13.2 Å². The maximum atomic E-state index is 11.5. The van der Waals surface area contributed by atoms with Gasteiger partial charge < -0.3 is 4.74 Å². The van der Waals surface area contributed by atoms with E-state index in [1.807, 2.05) is 0 Å². The van der Waals surface area contributed by atoms with E-state index in [2.05, 4.69) is 0 Å². The molecule has 1 aliphatic heterocycles. The van der Waals surface area contributed by atoms with Crippen LogP contribution in [0.3, 0.4) is 0 Å². The number of likely N-dealkylation sites (tertiary alicyclic amines) is 1. The van der Waals surface area contributed by atoms with Crippen LogP contribution >= 0.6 is 0 Å². The highest BCUT2D eigenvalue weighted by Crippen LogP contribution is 2.15. The van der Waals surface area contributed by atoms with Gasteiger partial charge in [0, 0.05) is 19.4 Å². The molecule has 0 aromatic heterocycles. The van der Waals surface area contributed by atoms with Crippen molar-refractivity contribution in [3.63, 3.8) is 0 Å². The number of hydrogen-bond acceptors (Lipinski definition) is 5. The Morgan fingerprint density at radius 1 is 1.26 bits per heavy atom. The van der Waals surface area contributed by atoms with Crippen LogP contribution in [0.4, 0.5) is 0 Å². The van der Waals surface area contributed by atoms with Crippen LogP contribution < -0.4 is 0 Å². The van der Waals surface area contributed by atoms with Crippen molar-refractivity contribution in [3.05, 3.63) is 0 Å². The van der Waals surface area contributed by atoms with Gasteiger partial charge in [0.15, 0.2) is 0 Å². The topological polar surface area (TPSA) is 80.8 Å². The molecule has 1 rings (SSSR count). The number of Topliss-reactive ketones (excluding diaryl/α,β-unsaturated/α-hetero) is 1. The lowest BCUT2D eigenvalue weighted by Crippen LogP contribution is -2.31. The van der Waals surface area contributed by atoms with Gasteiger partial charge in [0.1, 0.15) is 11.7 Å². The Labute approximate surface area is 112 Å². The second kappa shape index (κ2) is 7.01. The van der Waals surface area contributed by atoms with E-state index in [-0.39, 0.29) is 43.6 Å². The first-order valence-corrected chi connectivity index (χ1v) is 6.47. The van der Waals surface area contributed by atoms with Crippen LogP contribution in [0.1, 0.15) is 39.5 Å². The Bertz CT molecular complexity index is 374. The Morgan fingerprint density at radius 3 is 2.32 bits per heavy atom. The molecule has 0 aromatic carbocycles. The van der Waals surface area contributed by atoms with E-state index in [9.17, 15) is 19.2 Å². The van der Waals surface area contributed by atoms with Crippen molar-refractivity contribution in [1.29, 1.82) is 0 Å². The number of imide groups is 1. The zero-order chi connectivity index (χ0) is 14.4. The monoisotopic (exact) mass is 269 g/mol. The molecule has 6 nitrogen and oxygen atoms in total. The van der Waals surface area contributed by atoms with Gasteiger partial charge in [-0.05, 0) is 26.7 Å². The van der Waals surface area contributed by atoms with Crippen LogP contribution in [0.2, 0.25) is 0 Å². The van der Waals surface area contributed by atoms with Gasteiger partial charge in [0.25, 0.3) is 0 Å². The molecule has 0 radical (unpaired) electrons. The second-order valence-corrected chi connectivity index (χ2v) is 4.50. The average molecular weight is 269 g/mol. The highest BCUT2D eigenvalue weighted by molar-refractivity contribution is 6.02. The fraction of sp³-hybridized carbons (Fsp3) is 0.692. The fourth-order valence-corrected chi connectivity index (χ4v) is 2.06. The zero-order valence-electron chi connectivity index (χ0n) is 11.3. The van der Waals surface area contributed by atoms with Crippen molar-refractivity contribution < 1.29 is 23.9 Å². The van der Waals surface area contributed by atoms with Crippen molar-refractivity contribution in [2.45, 2.75) is 39.5 Å². The lowest BCUT2D eigenvalue weighted by atomic mass is 9.99. The molecule has 1 saturated heterocycles. The summed E-state index contributed by atoms with van der Waals surface area (Å²) in [5.41, 5.74) is 0. The third-order valence-electron chi connectivity index (χ3n) is 3.09. The highest BCUT2D eigenvalue weighted by Gasteiger charge is 2.29. The first-order valence-electron chi connectivity index (χ1n) is 6.47. The van der Waals surface area contributed by atoms with Gasteiger partial charge in [0.2, 0.25) is 11.8 Å². The third kappa shape index (κ3) is 4.15. The molecule has 1 atom stereocenters. The van der Waals surface area contributed by atoms with Crippen LogP contribution in [0.5, 0.6) is 0 Å². The number of rotatable bonds is 7. The van der Waals surface area contributed by atoms with Crippen molar-refractivity contribution >= 4 is 23.6 Å². The number of esters is 1. The van der Waals surface area contributed by atoms with Crippen LogP contribution in [0.25, 0.3) is 0 Å². The van der Waals surface area contributed by atoms with Gasteiger partial charge in [-0.15, -0.1) is 0 Å². The van der Waals surface area contributed by atoms with E-state index < -0.39 is 11.9 Å². The smallest absolute Gasteiger partial charge is 0.316 e. The minimum Gasteiger partial charge on any atom is -0.465 e. The summed E-state index contributed by atoms with van der Waals surface area (Å²) >= 11 is 0. The molecule has 6 heteroatoms. The number of ether oxygens (including phenoxy) is 1. The van der Waals surface area contributed by atoms with Gasteiger partial charge in [0.05, 0.1) is 6.61 Å². The molecular formula is C13H19NO5. The largest absolute Gasteiger partial charge is 0.465 e. The van der Waals surface area contributed by atoms with Gasteiger partial charge in [-0.25, -0.2) is 0 Å². The van der Waals surface area contributed by atoms with Gasteiger partial charge in [-0.2, -0.15) is 0 Å². The maximum Gasteiger partial charge on any atom is 0.316 e. The predicted octanol–water partition coefficient (Wildman–Crippen LogP) is 0.684. The highest BCUT2D eigenvalue weighted by atomic mass is 16.5. The zero-order valence-corrected chi connectivity index (χ0v) is 11.3. The number of amides is 2. The van der Waals surface area contributed by atoms with E-state index in [4.69, 9.17) is 4.74 Å². The van der Waals surface area contributed by atoms with Crippen LogP contribution in [0, 0.1) is 5.92 Å². The average Bonchev–Trinajstić information content (AvgIpc) is 2.65. The summed E-state index contributed by atoms with van der Waals surface area (Å²) in [7, 11) is 0. The van der Waals surface area contributed by atoms with Crippen molar-refractivity contribution in [1.82, 2.24) is 4.90 Å². The second-order valence-electron chi connectivity index (χ2n) is 4.50. The van der Waals surface area contributed by atoms with E-state index in [0.29, 0.717) is 12.8 Å². The normalized spacial score (nSPS) is 16.6. The van der Waals surface area contributed by atoms with Gasteiger partial charge in [-0.1, -0.05) is 0 Å². The Balaban J connectivity index is 2.44. The molecule has 0 spiro atoms. The minimum absolute atomic E-state index is 0.180. The molecule has 1 heterocycles. The Morgan fingerprint density at radius 2 is 1.84 bits per heavy atom. The van der Waals surface area contributed by atoms with Crippen LogP contribution in [-0.4, -0.2) is 41.6 Å². The SMILES string of the molecule is CCOC(=O)C(CCCN1C(=O)CCC1=O)C(C)=O. The van der Waals surface area contributed by atoms with Gasteiger partial charge in [-0.3, -0.25) is 24.1 Å². The number of hydrogen-bond donors (Lipinski definition) is 0. The first kappa shape index (κ1) is 15.3.